The van der Waals surface area contributed by atoms with Crippen molar-refractivity contribution < 1.29 is 47.5 Å². The van der Waals surface area contributed by atoms with Crippen LogP contribution in [0.1, 0.15) is 96.8 Å². The van der Waals surface area contributed by atoms with Crippen molar-refractivity contribution in [3.63, 3.8) is 0 Å². The van der Waals surface area contributed by atoms with Crippen molar-refractivity contribution in [1.82, 2.24) is 4.98 Å². The summed E-state index contributed by atoms with van der Waals surface area (Å²) in [4.78, 5) is 39.5. The summed E-state index contributed by atoms with van der Waals surface area (Å²) >= 11 is 0. The normalized spacial score (nSPS) is 32.1. The molecule has 3 rings (SSSR count). The fourth-order valence-electron chi connectivity index (χ4n) is 5.66. The number of fused-ring (bicyclic) bond motifs is 2. The molecule has 2 fully saturated rings. The minimum atomic E-state index is -0.796. The number of carbonyl (C=O) groups is 2. The molecule has 2 saturated heterocycles. The molecule has 11 nitrogen and oxygen atoms in total. The monoisotopic (exact) mass is 625 g/mol. The summed E-state index contributed by atoms with van der Waals surface area (Å²) in [5.41, 5.74) is 2.29. The highest BCUT2D eigenvalue weighted by atomic mass is 31.1. The van der Waals surface area contributed by atoms with Gasteiger partial charge >= 0.3 is 11.9 Å². The van der Waals surface area contributed by atoms with Gasteiger partial charge in [0.2, 0.25) is 5.89 Å². The topological polar surface area (TPSA) is 147 Å². The molecule has 12 heteroatoms. The second-order valence-corrected chi connectivity index (χ2v) is 12.3. The number of esters is 2. The number of cyclic esters (lactones) is 1. The number of aliphatic hydroxyl groups is 1. The number of hydrogen-bond donors (Lipinski definition) is 2. The first kappa shape index (κ1) is 35.3. The number of rotatable bonds is 7. The zero-order valence-electron chi connectivity index (χ0n) is 26.1. The van der Waals surface area contributed by atoms with Gasteiger partial charge in [0.25, 0.3) is 0 Å². The molecule has 0 spiro atoms. The summed E-state index contributed by atoms with van der Waals surface area (Å²) in [5.74, 6) is -1.05. The number of aliphatic hydroxyl groups excluding tert-OH is 1. The Kier molecular flexibility index (Phi) is 14.3. The predicted octanol–water partition coefficient (Wildman–Crippen LogP) is 5.22. The van der Waals surface area contributed by atoms with Crippen LogP contribution < -0.4 is 0 Å². The molecule has 2 N–H and O–H groups in total. The van der Waals surface area contributed by atoms with E-state index in [1.165, 1.54) is 19.4 Å². The molecule has 0 aliphatic carbocycles. The third-order valence-corrected chi connectivity index (χ3v) is 8.78. The number of aromatic nitrogens is 1. The zero-order chi connectivity index (χ0) is 31.5. The minimum Gasteiger partial charge on any atom is -0.466 e. The van der Waals surface area contributed by atoms with Crippen molar-refractivity contribution in [1.29, 1.82) is 0 Å². The van der Waals surface area contributed by atoms with E-state index in [1.54, 1.807) is 20.1 Å². The van der Waals surface area contributed by atoms with Gasteiger partial charge < -0.3 is 37.9 Å². The number of nitrogens with zero attached hydrogens (tertiary/aromatic N) is 1. The van der Waals surface area contributed by atoms with Crippen LogP contribution in [0.2, 0.25) is 0 Å². The quantitative estimate of drug-likeness (QED) is 0.234. The van der Waals surface area contributed by atoms with Gasteiger partial charge in [0.1, 0.15) is 18.1 Å². The molecule has 9 atom stereocenters. The Morgan fingerprint density at radius 2 is 1.91 bits per heavy atom. The molecule has 2 bridgehead atoms. The van der Waals surface area contributed by atoms with Crippen molar-refractivity contribution in [3.05, 3.63) is 35.1 Å². The molecule has 0 amide bonds. The van der Waals surface area contributed by atoms with E-state index in [-0.39, 0.29) is 36.8 Å². The van der Waals surface area contributed by atoms with Crippen LogP contribution in [0.3, 0.4) is 0 Å². The van der Waals surface area contributed by atoms with Gasteiger partial charge in [-0.15, -0.1) is 0 Å². The highest BCUT2D eigenvalue weighted by Gasteiger charge is 2.33. The van der Waals surface area contributed by atoms with Gasteiger partial charge in [-0.3, -0.25) is 4.79 Å². The van der Waals surface area contributed by atoms with E-state index in [4.69, 9.17) is 27.9 Å². The van der Waals surface area contributed by atoms with E-state index in [0.717, 1.165) is 11.1 Å². The Hall–Kier alpha value is -2.14. The fourth-order valence-corrected chi connectivity index (χ4v) is 6.13. The Morgan fingerprint density at radius 1 is 1.16 bits per heavy atom. The fraction of sp³-hybridized carbons (Fsp3) is 0.710. The standard InChI is InChI=1S/C31H48NO10P/c1-18(21(4)37-5)11-29-32-26(17-39-29)28-15-23(33)8-7-9-24-12-22(14-30(34)38-6)13-25(40-24)16-27(42-43-36)19(2)10-20(3)31(35)41-28/h11,14,17,19-21,23-25,27-28,33,36,43H,7-10,12-13,15-16H2,1-6H3/b18-11+,22-14-/t19-,20-,21+,23-,24+,25+,27-,28?/m0/s1. The Morgan fingerprint density at radius 3 is 2.60 bits per heavy atom. The molecular weight excluding hydrogens is 577 g/mol. The Balaban J connectivity index is 1.85. The van der Waals surface area contributed by atoms with E-state index in [2.05, 4.69) is 4.98 Å². The lowest BCUT2D eigenvalue weighted by atomic mass is 9.86. The maximum atomic E-state index is 13.3. The molecular formula is C31H48NO10P. The van der Waals surface area contributed by atoms with Gasteiger partial charge in [-0.2, -0.15) is 0 Å². The smallest absolute Gasteiger partial charge is 0.330 e. The lowest BCUT2D eigenvalue weighted by Crippen LogP contribution is -2.35. The third kappa shape index (κ3) is 11.1. The van der Waals surface area contributed by atoms with Crippen LogP contribution in [0.5, 0.6) is 0 Å². The summed E-state index contributed by atoms with van der Waals surface area (Å²) in [7, 11) is 2.27. The summed E-state index contributed by atoms with van der Waals surface area (Å²) in [5, 5.41) is 11.0. The van der Waals surface area contributed by atoms with Gasteiger partial charge in [-0.1, -0.05) is 19.4 Å². The number of hydrogen-bond acceptors (Lipinski definition) is 11. The predicted molar refractivity (Wildman–Crippen MR) is 161 cm³/mol. The third-order valence-electron chi connectivity index (χ3n) is 8.37. The highest BCUT2D eigenvalue weighted by molar-refractivity contribution is 7.25. The maximum absolute atomic E-state index is 13.3. The molecule has 1 aromatic heterocycles. The number of methoxy groups -OCH3 is 2. The first-order chi connectivity index (χ1) is 20.5. The average Bonchev–Trinajstić information content (AvgIpc) is 3.43. The highest BCUT2D eigenvalue weighted by Crippen LogP contribution is 2.35. The summed E-state index contributed by atoms with van der Waals surface area (Å²) in [6, 6.07) is 0. The Bertz CT molecular complexity index is 1100. The van der Waals surface area contributed by atoms with Crippen molar-refractivity contribution in [2.45, 2.75) is 116 Å². The van der Waals surface area contributed by atoms with Crippen molar-refractivity contribution >= 4 is 27.0 Å². The van der Waals surface area contributed by atoms with Crippen LogP contribution in [0.25, 0.3) is 6.08 Å². The molecule has 0 saturated carbocycles. The molecule has 43 heavy (non-hydrogen) atoms. The average molecular weight is 626 g/mol. The summed E-state index contributed by atoms with van der Waals surface area (Å²) < 4.78 is 34.0. The Labute approximate surface area is 256 Å². The number of ether oxygens (including phenoxy) is 4. The number of carbonyl (C=O) groups excluding carboxylic acids is 2. The molecule has 2 aliphatic rings. The lowest BCUT2D eigenvalue weighted by molar-refractivity contribution is -0.156. The van der Waals surface area contributed by atoms with Crippen molar-refractivity contribution in [3.8, 4) is 0 Å². The second-order valence-electron chi connectivity index (χ2n) is 11.8. The van der Waals surface area contributed by atoms with Gasteiger partial charge in [-0.05, 0) is 63.9 Å². The molecule has 1 aromatic rings. The molecule has 2 unspecified atom stereocenters. The molecule has 0 aromatic carbocycles. The molecule has 3 heterocycles. The van der Waals surface area contributed by atoms with Gasteiger partial charge in [0.15, 0.2) is 9.03 Å². The van der Waals surface area contributed by atoms with Crippen LogP contribution in [0, 0.1) is 11.8 Å². The van der Waals surface area contributed by atoms with Crippen molar-refractivity contribution in [2.24, 2.45) is 11.8 Å². The van der Waals surface area contributed by atoms with E-state index in [0.29, 0.717) is 56.5 Å². The summed E-state index contributed by atoms with van der Waals surface area (Å²) in [6.45, 7) is 7.61. The second kappa shape index (κ2) is 17.4. The van der Waals surface area contributed by atoms with Gasteiger partial charge in [-0.25, -0.2) is 9.78 Å². The maximum Gasteiger partial charge on any atom is 0.330 e. The van der Waals surface area contributed by atoms with Crippen LogP contribution in [0.15, 0.2) is 27.9 Å². The van der Waals surface area contributed by atoms with Crippen molar-refractivity contribution in [2.75, 3.05) is 14.2 Å². The number of oxazole rings is 1. The summed E-state index contributed by atoms with van der Waals surface area (Å²) in [6.07, 6.45) is 6.42. The minimum absolute atomic E-state index is 0.106. The largest absolute Gasteiger partial charge is 0.466 e. The molecule has 0 radical (unpaired) electrons. The van der Waals surface area contributed by atoms with Crippen LogP contribution >= 0.6 is 9.03 Å². The van der Waals surface area contributed by atoms with E-state index < -0.39 is 39.1 Å². The van der Waals surface area contributed by atoms with E-state index in [1.807, 2.05) is 20.8 Å². The SMILES string of the molecule is COC(=O)/C=C1/C[C@H]2CCC[C@H](O)CC(c3coc(/C=C(\C)[C@@H](C)OC)n3)OC(=O)[C@@H](C)C[C@H](C)[C@@H](OPO)C[C@@H](C1)O2. The van der Waals surface area contributed by atoms with Crippen LogP contribution in [0.4, 0.5) is 0 Å². The molecule has 242 valence electrons. The van der Waals surface area contributed by atoms with Crippen LogP contribution in [-0.2, 0) is 33.1 Å². The first-order valence-electron chi connectivity index (χ1n) is 15.0. The van der Waals surface area contributed by atoms with Gasteiger partial charge in [0, 0.05) is 32.1 Å². The molecule has 2 aliphatic heterocycles. The van der Waals surface area contributed by atoms with Crippen LogP contribution in [-0.4, -0.2) is 71.7 Å². The van der Waals surface area contributed by atoms with E-state index in [9.17, 15) is 19.6 Å². The lowest BCUT2D eigenvalue weighted by Gasteiger charge is -2.35. The van der Waals surface area contributed by atoms with Gasteiger partial charge in [0.05, 0.1) is 43.5 Å². The zero-order valence-corrected chi connectivity index (χ0v) is 27.1. The van der Waals surface area contributed by atoms with E-state index >= 15 is 0 Å². The first-order valence-corrected chi connectivity index (χ1v) is 15.9.